The molecule has 5 nitrogen and oxygen atoms in total. The van der Waals surface area contributed by atoms with Crippen molar-refractivity contribution in [3.8, 4) is 11.4 Å². The second kappa shape index (κ2) is 7.87. The van der Waals surface area contributed by atoms with E-state index in [9.17, 15) is 9.18 Å². The predicted octanol–water partition coefficient (Wildman–Crippen LogP) is 4.88. The standard InChI is InChI=1S/C19H13Cl2FN4OS/c20-12-4-5-15(16(21)9-12)18(27)23-7-6-14-10-28-19-24-17(25-26(14)19)11-2-1-3-13(22)8-11/h1-5,8-10H,6-7H2,(H,23,27). The Balaban J connectivity index is 1.46. The van der Waals surface area contributed by atoms with E-state index < -0.39 is 0 Å². The zero-order valence-electron chi connectivity index (χ0n) is 14.3. The summed E-state index contributed by atoms with van der Waals surface area (Å²) in [6.07, 6.45) is 0.558. The first-order valence-corrected chi connectivity index (χ1v) is 9.97. The summed E-state index contributed by atoms with van der Waals surface area (Å²) in [6, 6.07) is 10.9. The Labute approximate surface area is 173 Å². The molecule has 0 radical (unpaired) electrons. The molecule has 0 aliphatic heterocycles. The van der Waals surface area contributed by atoms with Crippen molar-refractivity contribution in [2.45, 2.75) is 6.42 Å². The van der Waals surface area contributed by atoms with Gasteiger partial charge < -0.3 is 5.32 Å². The zero-order valence-corrected chi connectivity index (χ0v) is 16.7. The number of nitrogens with zero attached hydrogens (tertiary/aromatic N) is 3. The number of halogens is 3. The first kappa shape index (κ1) is 18.9. The Kier molecular flexibility index (Phi) is 5.30. The van der Waals surface area contributed by atoms with Crippen molar-refractivity contribution in [1.29, 1.82) is 0 Å². The van der Waals surface area contributed by atoms with Gasteiger partial charge in [0.2, 0.25) is 4.96 Å². The zero-order chi connectivity index (χ0) is 19.7. The smallest absolute Gasteiger partial charge is 0.252 e. The van der Waals surface area contributed by atoms with Crippen LogP contribution < -0.4 is 5.32 Å². The van der Waals surface area contributed by atoms with Crippen molar-refractivity contribution in [3.05, 3.63) is 75.0 Å². The lowest BCUT2D eigenvalue weighted by Gasteiger charge is -2.06. The molecule has 1 amide bonds. The van der Waals surface area contributed by atoms with E-state index >= 15 is 0 Å². The number of carbonyl (C=O) groups is 1. The highest BCUT2D eigenvalue weighted by Gasteiger charge is 2.13. The lowest BCUT2D eigenvalue weighted by molar-refractivity contribution is 0.0954. The van der Waals surface area contributed by atoms with Gasteiger partial charge in [0.1, 0.15) is 5.82 Å². The Morgan fingerprint density at radius 3 is 2.86 bits per heavy atom. The van der Waals surface area contributed by atoms with Crippen LogP contribution in [0.2, 0.25) is 10.0 Å². The van der Waals surface area contributed by atoms with E-state index in [1.54, 1.807) is 28.8 Å². The van der Waals surface area contributed by atoms with Gasteiger partial charge in [-0.3, -0.25) is 4.79 Å². The molecule has 0 bridgehead atoms. The van der Waals surface area contributed by atoms with Crippen LogP contribution in [0.25, 0.3) is 16.3 Å². The van der Waals surface area contributed by atoms with Gasteiger partial charge in [-0.25, -0.2) is 8.91 Å². The third kappa shape index (κ3) is 3.87. The van der Waals surface area contributed by atoms with Crippen LogP contribution in [0.3, 0.4) is 0 Å². The molecule has 1 N–H and O–H groups in total. The summed E-state index contributed by atoms with van der Waals surface area (Å²) in [7, 11) is 0. The summed E-state index contributed by atoms with van der Waals surface area (Å²) in [6.45, 7) is 0.402. The molecule has 28 heavy (non-hydrogen) atoms. The van der Waals surface area contributed by atoms with E-state index in [0.717, 1.165) is 5.69 Å². The van der Waals surface area contributed by atoms with Gasteiger partial charge in [0.05, 0.1) is 16.3 Å². The lowest BCUT2D eigenvalue weighted by atomic mass is 10.2. The molecule has 142 valence electrons. The molecule has 0 saturated heterocycles. The minimum atomic E-state index is -0.334. The number of rotatable bonds is 5. The Morgan fingerprint density at radius 2 is 2.07 bits per heavy atom. The molecule has 4 rings (SSSR count). The summed E-state index contributed by atoms with van der Waals surface area (Å²) in [5, 5.41) is 10.0. The van der Waals surface area contributed by atoms with Crippen LogP contribution in [-0.2, 0) is 6.42 Å². The third-order valence-electron chi connectivity index (χ3n) is 4.08. The maximum Gasteiger partial charge on any atom is 0.252 e. The second-order valence-corrected chi connectivity index (χ2v) is 7.68. The van der Waals surface area contributed by atoms with Crippen LogP contribution in [-0.4, -0.2) is 27.0 Å². The van der Waals surface area contributed by atoms with Gasteiger partial charge in [-0.05, 0) is 30.3 Å². The number of amides is 1. The molecule has 4 aromatic rings. The normalized spacial score (nSPS) is 11.1. The average molecular weight is 435 g/mol. The van der Waals surface area contributed by atoms with E-state index in [2.05, 4.69) is 15.4 Å². The van der Waals surface area contributed by atoms with Gasteiger partial charge in [0.25, 0.3) is 5.91 Å². The van der Waals surface area contributed by atoms with E-state index in [-0.39, 0.29) is 11.7 Å². The quantitative estimate of drug-likeness (QED) is 0.486. The van der Waals surface area contributed by atoms with Crippen LogP contribution in [0, 0.1) is 5.82 Å². The third-order valence-corrected chi connectivity index (χ3v) is 5.49. The molecule has 2 aromatic heterocycles. The summed E-state index contributed by atoms with van der Waals surface area (Å²) >= 11 is 13.4. The lowest BCUT2D eigenvalue weighted by Crippen LogP contribution is -2.26. The number of hydrogen-bond acceptors (Lipinski definition) is 4. The van der Waals surface area contributed by atoms with E-state index in [1.165, 1.54) is 29.5 Å². The van der Waals surface area contributed by atoms with Crippen molar-refractivity contribution in [2.75, 3.05) is 6.54 Å². The van der Waals surface area contributed by atoms with E-state index in [0.29, 0.717) is 44.9 Å². The molecule has 0 fully saturated rings. The molecule has 0 saturated carbocycles. The monoisotopic (exact) mass is 434 g/mol. The Hall–Kier alpha value is -2.48. The largest absolute Gasteiger partial charge is 0.352 e. The summed E-state index contributed by atoms with van der Waals surface area (Å²) in [5.74, 6) is -0.142. The molecule has 0 aliphatic rings. The Morgan fingerprint density at radius 1 is 1.21 bits per heavy atom. The van der Waals surface area contributed by atoms with E-state index in [1.807, 2.05) is 5.38 Å². The van der Waals surface area contributed by atoms with E-state index in [4.69, 9.17) is 23.2 Å². The Bertz CT molecular complexity index is 1170. The fourth-order valence-corrected chi connectivity index (χ4v) is 4.07. The van der Waals surface area contributed by atoms with Gasteiger partial charge in [-0.15, -0.1) is 16.4 Å². The predicted molar refractivity (Wildman–Crippen MR) is 109 cm³/mol. The topological polar surface area (TPSA) is 59.3 Å². The molecular weight excluding hydrogens is 422 g/mol. The fourth-order valence-electron chi connectivity index (χ4n) is 2.72. The number of benzene rings is 2. The highest BCUT2D eigenvalue weighted by Crippen LogP contribution is 2.22. The molecule has 0 spiro atoms. The van der Waals surface area contributed by atoms with Crippen LogP contribution in [0.15, 0.2) is 47.8 Å². The van der Waals surface area contributed by atoms with Crippen molar-refractivity contribution in [1.82, 2.24) is 19.9 Å². The maximum absolute atomic E-state index is 13.4. The van der Waals surface area contributed by atoms with Crippen LogP contribution in [0.1, 0.15) is 16.1 Å². The SMILES string of the molecule is O=C(NCCc1csc2nc(-c3cccc(F)c3)nn12)c1ccc(Cl)cc1Cl. The molecule has 9 heteroatoms. The van der Waals surface area contributed by atoms with Gasteiger partial charge in [-0.2, -0.15) is 4.98 Å². The summed E-state index contributed by atoms with van der Waals surface area (Å²) < 4.78 is 15.1. The van der Waals surface area contributed by atoms with Crippen molar-refractivity contribution in [2.24, 2.45) is 0 Å². The number of hydrogen-bond donors (Lipinski definition) is 1. The average Bonchev–Trinajstić information content (AvgIpc) is 3.23. The van der Waals surface area contributed by atoms with Crippen LogP contribution in [0.4, 0.5) is 4.39 Å². The van der Waals surface area contributed by atoms with Crippen molar-refractivity contribution >= 4 is 45.4 Å². The molecule has 0 aliphatic carbocycles. The number of carbonyl (C=O) groups excluding carboxylic acids is 1. The molecule has 0 unspecified atom stereocenters. The van der Waals surface area contributed by atoms with Gasteiger partial charge in [0, 0.05) is 28.9 Å². The van der Waals surface area contributed by atoms with Crippen LogP contribution in [0.5, 0.6) is 0 Å². The fraction of sp³-hybridized carbons (Fsp3) is 0.105. The molecule has 0 atom stereocenters. The molecule has 2 aromatic carbocycles. The maximum atomic E-state index is 13.4. The molecule has 2 heterocycles. The first-order chi connectivity index (χ1) is 13.5. The van der Waals surface area contributed by atoms with Crippen molar-refractivity contribution in [3.63, 3.8) is 0 Å². The highest BCUT2D eigenvalue weighted by molar-refractivity contribution is 7.15. The summed E-state index contributed by atoms with van der Waals surface area (Å²) in [4.78, 5) is 17.4. The summed E-state index contributed by atoms with van der Waals surface area (Å²) in [5.41, 5.74) is 1.89. The number of aromatic nitrogens is 3. The van der Waals surface area contributed by atoms with Crippen LogP contribution >= 0.6 is 34.5 Å². The number of fused-ring (bicyclic) bond motifs is 1. The minimum absolute atomic E-state index is 0.271. The first-order valence-electron chi connectivity index (χ1n) is 8.33. The van der Waals surface area contributed by atoms with Gasteiger partial charge >= 0.3 is 0 Å². The molecular formula is C19H13Cl2FN4OS. The van der Waals surface area contributed by atoms with Crippen molar-refractivity contribution < 1.29 is 9.18 Å². The minimum Gasteiger partial charge on any atom is -0.352 e. The second-order valence-electron chi connectivity index (χ2n) is 6.00. The highest BCUT2D eigenvalue weighted by atomic mass is 35.5. The van der Waals surface area contributed by atoms with Gasteiger partial charge in [0.15, 0.2) is 5.82 Å². The number of thiazole rings is 1. The number of nitrogens with one attached hydrogen (secondary N) is 1. The van der Waals surface area contributed by atoms with Gasteiger partial charge in [-0.1, -0.05) is 35.3 Å².